The van der Waals surface area contributed by atoms with E-state index in [1.165, 1.54) is 6.07 Å². The van der Waals surface area contributed by atoms with Crippen LogP contribution in [0.3, 0.4) is 0 Å². The highest BCUT2D eigenvalue weighted by atomic mass is 32.2. The summed E-state index contributed by atoms with van der Waals surface area (Å²) in [4.78, 5) is 25.7. The first-order chi connectivity index (χ1) is 14.2. The summed E-state index contributed by atoms with van der Waals surface area (Å²) in [7, 11) is 0. The van der Waals surface area contributed by atoms with Crippen LogP contribution in [0.5, 0.6) is 0 Å². The van der Waals surface area contributed by atoms with Crippen LogP contribution < -0.4 is 5.32 Å². The molecule has 0 aromatic heterocycles. The van der Waals surface area contributed by atoms with E-state index >= 15 is 0 Å². The Labute approximate surface area is 178 Å². The molecule has 0 unspecified atom stereocenters. The van der Waals surface area contributed by atoms with E-state index in [4.69, 9.17) is 0 Å². The van der Waals surface area contributed by atoms with Crippen molar-refractivity contribution in [3.8, 4) is 0 Å². The lowest BCUT2D eigenvalue weighted by atomic mass is 9.75. The van der Waals surface area contributed by atoms with E-state index in [1.54, 1.807) is 0 Å². The van der Waals surface area contributed by atoms with Gasteiger partial charge >= 0.3 is 6.18 Å². The van der Waals surface area contributed by atoms with Crippen molar-refractivity contribution in [2.75, 3.05) is 5.32 Å². The van der Waals surface area contributed by atoms with Crippen LogP contribution >= 0.6 is 11.8 Å². The Morgan fingerprint density at radius 2 is 1.70 bits per heavy atom. The third kappa shape index (κ3) is 5.65. The van der Waals surface area contributed by atoms with E-state index in [1.807, 2.05) is 37.3 Å². The molecular weight excluding hydrogens is 411 g/mol. The average Bonchev–Trinajstić information content (AvgIpc) is 2.69. The molecule has 0 spiro atoms. The predicted molar refractivity (Wildman–Crippen MR) is 112 cm³/mol. The fourth-order valence-corrected chi connectivity index (χ4v) is 4.49. The topological polar surface area (TPSA) is 46.2 Å². The zero-order valence-electron chi connectivity index (χ0n) is 16.7. The maximum absolute atomic E-state index is 13.2. The highest BCUT2D eigenvalue weighted by molar-refractivity contribution is 8.13. The van der Waals surface area contributed by atoms with Gasteiger partial charge in [-0.25, -0.2) is 0 Å². The van der Waals surface area contributed by atoms with Crippen LogP contribution in [0.2, 0.25) is 0 Å². The standard InChI is InChI=1S/C23H24F3NO2S/c1-22(12-6-3-7-13-22)21(29)27-18-15-17(23(24,25)26)10-11-19(18)30-20(28)14-16-8-4-2-5-9-16/h2,4-5,8-11,15H,3,6-7,12-14H2,1H3,(H,27,29). The van der Waals surface area contributed by atoms with Gasteiger partial charge in [0.15, 0.2) is 5.12 Å². The molecule has 1 aliphatic carbocycles. The average molecular weight is 436 g/mol. The number of hydrogen-bond donors (Lipinski definition) is 1. The van der Waals surface area contributed by atoms with E-state index in [2.05, 4.69) is 5.32 Å². The van der Waals surface area contributed by atoms with Crippen LogP contribution in [0.25, 0.3) is 0 Å². The lowest BCUT2D eigenvalue weighted by Crippen LogP contribution is -2.35. The molecule has 0 atom stereocenters. The van der Waals surface area contributed by atoms with Gasteiger partial charge in [0.05, 0.1) is 11.3 Å². The number of carbonyl (C=O) groups excluding carboxylic acids is 2. The molecule has 1 amide bonds. The van der Waals surface area contributed by atoms with Gasteiger partial charge in [0.1, 0.15) is 0 Å². The molecule has 3 rings (SSSR count). The van der Waals surface area contributed by atoms with E-state index in [-0.39, 0.29) is 23.1 Å². The lowest BCUT2D eigenvalue weighted by Gasteiger charge is -2.32. The fraction of sp³-hybridized carbons (Fsp3) is 0.391. The van der Waals surface area contributed by atoms with E-state index in [9.17, 15) is 22.8 Å². The molecule has 160 valence electrons. The molecule has 3 nitrogen and oxygen atoms in total. The molecule has 1 fully saturated rings. The normalized spacial score (nSPS) is 16.1. The van der Waals surface area contributed by atoms with Crippen molar-refractivity contribution >= 4 is 28.5 Å². The lowest BCUT2D eigenvalue weighted by molar-refractivity contribution is -0.137. The van der Waals surface area contributed by atoms with Crippen molar-refractivity contribution in [3.05, 3.63) is 59.7 Å². The SMILES string of the molecule is CC1(C(=O)Nc2cc(C(F)(F)F)ccc2SC(=O)Cc2ccccc2)CCCCC1. The first-order valence-electron chi connectivity index (χ1n) is 9.95. The zero-order chi connectivity index (χ0) is 21.8. The molecule has 0 radical (unpaired) electrons. The Kier molecular flexibility index (Phi) is 6.91. The first kappa shape index (κ1) is 22.4. The summed E-state index contributed by atoms with van der Waals surface area (Å²) < 4.78 is 39.7. The fourth-order valence-electron chi connectivity index (χ4n) is 3.65. The van der Waals surface area contributed by atoms with Gasteiger partial charge in [0.2, 0.25) is 5.91 Å². The Morgan fingerprint density at radius 1 is 1.03 bits per heavy atom. The third-order valence-corrected chi connectivity index (χ3v) is 6.42. The highest BCUT2D eigenvalue weighted by Gasteiger charge is 2.36. The smallest absolute Gasteiger partial charge is 0.325 e. The van der Waals surface area contributed by atoms with Crippen LogP contribution in [0.4, 0.5) is 18.9 Å². The predicted octanol–water partition coefficient (Wildman–Crippen LogP) is 6.48. The molecule has 0 bridgehead atoms. The Balaban J connectivity index is 1.83. The van der Waals surface area contributed by atoms with Gasteiger partial charge in [0, 0.05) is 16.7 Å². The van der Waals surface area contributed by atoms with E-state index in [0.29, 0.717) is 17.7 Å². The van der Waals surface area contributed by atoms with Crippen LogP contribution in [0.1, 0.15) is 50.2 Å². The van der Waals surface area contributed by atoms with Gasteiger partial charge in [-0.1, -0.05) is 56.5 Å². The van der Waals surface area contributed by atoms with Gasteiger partial charge in [-0.05, 0) is 48.4 Å². The van der Waals surface area contributed by atoms with Crippen molar-refractivity contribution in [3.63, 3.8) is 0 Å². The molecule has 2 aromatic carbocycles. The number of rotatable bonds is 5. The number of thioether (sulfide) groups is 1. The van der Waals surface area contributed by atoms with E-state index in [0.717, 1.165) is 48.7 Å². The number of nitrogens with one attached hydrogen (secondary N) is 1. The zero-order valence-corrected chi connectivity index (χ0v) is 17.5. The minimum Gasteiger partial charge on any atom is -0.325 e. The summed E-state index contributed by atoms with van der Waals surface area (Å²) in [5.74, 6) is -0.293. The third-order valence-electron chi connectivity index (χ3n) is 5.48. The van der Waals surface area contributed by atoms with Crippen molar-refractivity contribution < 1.29 is 22.8 Å². The number of anilines is 1. The van der Waals surface area contributed by atoms with Gasteiger partial charge < -0.3 is 5.32 Å². The highest BCUT2D eigenvalue weighted by Crippen LogP contribution is 2.40. The first-order valence-corrected chi connectivity index (χ1v) is 10.8. The maximum atomic E-state index is 13.2. The van der Waals surface area contributed by atoms with Gasteiger partial charge in [-0.15, -0.1) is 0 Å². The molecule has 30 heavy (non-hydrogen) atoms. The van der Waals surface area contributed by atoms with Crippen molar-refractivity contribution in [1.82, 2.24) is 0 Å². The number of amides is 1. The Morgan fingerprint density at radius 3 is 2.33 bits per heavy atom. The Hall–Kier alpha value is -2.28. The van der Waals surface area contributed by atoms with Gasteiger partial charge in [0.25, 0.3) is 0 Å². The summed E-state index contributed by atoms with van der Waals surface area (Å²) in [6.07, 6.45) is -0.0849. The summed E-state index contributed by atoms with van der Waals surface area (Å²) in [6, 6.07) is 12.2. The quantitative estimate of drug-likeness (QED) is 0.547. The molecule has 0 aliphatic heterocycles. The summed E-state index contributed by atoms with van der Waals surface area (Å²) in [5.41, 5.74) is -0.607. The minimum absolute atomic E-state index is 0.0352. The second-order valence-corrected chi connectivity index (χ2v) is 9.02. The second kappa shape index (κ2) is 9.25. The number of hydrogen-bond acceptors (Lipinski definition) is 3. The maximum Gasteiger partial charge on any atom is 0.416 e. The molecule has 1 aliphatic rings. The van der Waals surface area contributed by atoms with E-state index < -0.39 is 17.2 Å². The molecule has 0 saturated heterocycles. The molecular formula is C23H24F3NO2S. The minimum atomic E-state index is -4.54. The van der Waals surface area contributed by atoms with Crippen molar-refractivity contribution in [1.29, 1.82) is 0 Å². The van der Waals surface area contributed by atoms with Crippen molar-refractivity contribution in [2.45, 2.75) is 56.5 Å². The Bertz CT molecular complexity index is 906. The van der Waals surface area contributed by atoms with Crippen LogP contribution in [0, 0.1) is 5.41 Å². The number of carbonyl (C=O) groups is 2. The van der Waals surface area contributed by atoms with Crippen LogP contribution in [-0.4, -0.2) is 11.0 Å². The summed E-state index contributed by atoms with van der Waals surface area (Å²) >= 11 is 0.851. The summed E-state index contributed by atoms with van der Waals surface area (Å²) in [6.45, 7) is 1.85. The molecule has 0 heterocycles. The van der Waals surface area contributed by atoms with Crippen LogP contribution in [-0.2, 0) is 22.2 Å². The summed E-state index contributed by atoms with van der Waals surface area (Å²) in [5, 5.41) is 2.48. The number of benzene rings is 2. The van der Waals surface area contributed by atoms with Gasteiger partial charge in [-0.3, -0.25) is 9.59 Å². The molecule has 1 saturated carbocycles. The number of halogens is 3. The van der Waals surface area contributed by atoms with Crippen LogP contribution in [0.15, 0.2) is 53.4 Å². The molecule has 1 N–H and O–H groups in total. The molecule has 2 aromatic rings. The number of alkyl halides is 3. The largest absolute Gasteiger partial charge is 0.416 e. The van der Waals surface area contributed by atoms with Crippen molar-refractivity contribution in [2.24, 2.45) is 5.41 Å². The molecule has 7 heteroatoms. The van der Waals surface area contributed by atoms with Gasteiger partial charge in [-0.2, -0.15) is 13.2 Å². The second-order valence-electron chi connectivity index (χ2n) is 7.92. The monoisotopic (exact) mass is 435 g/mol.